The summed E-state index contributed by atoms with van der Waals surface area (Å²) in [5.74, 6) is -0.417. The minimum Gasteiger partial charge on any atom is -0.368 e. The second kappa shape index (κ2) is 4.82. The van der Waals surface area contributed by atoms with Crippen LogP contribution in [0, 0.1) is 6.92 Å². The van der Waals surface area contributed by atoms with Crippen LogP contribution in [0.1, 0.15) is 18.5 Å². The highest BCUT2D eigenvalue weighted by molar-refractivity contribution is 6.33. The molecule has 1 atom stereocenters. The van der Waals surface area contributed by atoms with Gasteiger partial charge in [-0.1, -0.05) is 23.2 Å². The minimum atomic E-state index is -0.470. The van der Waals surface area contributed by atoms with Gasteiger partial charge in [0.05, 0.1) is 6.20 Å². The number of amides is 1. The largest absolute Gasteiger partial charge is 0.368 e. The molecule has 1 heterocycles. The number of hydrogen-bond donors (Lipinski definition) is 1. The highest BCUT2D eigenvalue weighted by Gasteiger charge is 2.13. The molecule has 0 aliphatic carbocycles. The molecule has 0 saturated heterocycles. The lowest BCUT2D eigenvalue weighted by molar-refractivity contribution is -0.120. The predicted octanol–water partition coefficient (Wildman–Crippen LogP) is 2.56. The van der Waals surface area contributed by atoms with Crippen molar-refractivity contribution in [3.8, 4) is 11.1 Å². The van der Waals surface area contributed by atoms with Crippen LogP contribution >= 0.6 is 11.6 Å². The summed E-state index contributed by atoms with van der Waals surface area (Å²) < 4.78 is 1.54. The molecule has 1 amide bonds. The summed E-state index contributed by atoms with van der Waals surface area (Å²) in [4.78, 5) is 11.1. The first-order valence-corrected chi connectivity index (χ1v) is 5.97. The third-order valence-corrected chi connectivity index (χ3v) is 3.17. The van der Waals surface area contributed by atoms with E-state index >= 15 is 0 Å². The average molecular weight is 264 g/mol. The molecule has 0 aliphatic rings. The highest BCUT2D eigenvalue weighted by atomic mass is 35.5. The molecule has 4 nitrogen and oxygen atoms in total. The Morgan fingerprint density at radius 2 is 2.22 bits per heavy atom. The van der Waals surface area contributed by atoms with E-state index in [0.29, 0.717) is 5.02 Å². The van der Waals surface area contributed by atoms with Gasteiger partial charge in [0, 0.05) is 22.3 Å². The Morgan fingerprint density at radius 3 is 2.89 bits per heavy atom. The van der Waals surface area contributed by atoms with E-state index in [0.717, 1.165) is 16.7 Å². The van der Waals surface area contributed by atoms with Crippen molar-refractivity contribution in [3.05, 3.63) is 41.2 Å². The van der Waals surface area contributed by atoms with Crippen molar-refractivity contribution < 1.29 is 4.79 Å². The molecule has 0 aliphatic heterocycles. The Balaban J connectivity index is 2.41. The maximum Gasteiger partial charge on any atom is 0.241 e. The summed E-state index contributed by atoms with van der Waals surface area (Å²) in [6, 6.07) is 5.31. The van der Waals surface area contributed by atoms with E-state index in [-0.39, 0.29) is 0 Å². The van der Waals surface area contributed by atoms with Crippen molar-refractivity contribution in [1.82, 2.24) is 9.78 Å². The topological polar surface area (TPSA) is 60.9 Å². The molecule has 1 aromatic heterocycles. The molecule has 0 fully saturated rings. The van der Waals surface area contributed by atoms with Gasteiger partial charge in [0.1, 0.15) is 6.04 Å². The molecule has 0 unspecified atom stereocenters. The van der Waals surface area contributed by atoms with Gasteiger partial charge in [0.25, 0.3) is 0 Å². The van der Waals surface area contributed by atoms with Gasteiger partial charge in [-0.2, -0.15) is 5.10 Å². The van der Waals surface area contributed by atoms with Crippen LogP contribution in [0.15, 0.2) is 30.6 Å². The quantitative estimate of drug-likeness (QED) is 0.925. The Morgan fingerprint density at radius 1 is 1.50 bits per heavy atom. The summed E-state index contributed by atoms with van der Waals surface area (Å²) >= 11 is 6.15. The third kappa shape index (κ3) is 2.38. The number of carbonyl (C=O) groups excluding carboxylic acids is 1. The van der Waals surface area contributed by atoms with E-state index in [9.17, 15) is 4.79 Å². The SMILES string of the molecule is Cc1ccc(Cl)c(-c2cnn([C@@H](C)C(N)=O)c2)c1. The lowest BCUT2D eigenvalue weighted by Gasteiger charge is -2.06. The number of halogens is 1. The van der Waals surface area contributed by atoms with Gasteiger partial charge in [-0.25, -0.2) is 0 Å². The molecule has 2 aromatic rings. The zero-order chi connectivity index (χ0) is 13.3. The van der Waals surface area contributed by atoms with E-state index in [2.05, 4.69) is 5.10 Å². The van der Waals surface area contributed by atoms with Crippen LogP contribution in [0.3, 0.4) is 0 Å². The van der Waals surface area contributed by atoms with Crippen LogP contribution in [0.5, 0.6) is 0 Å². The van der Waals surface area contributed by atoms with Gasteiger partial charge in [0.2, 0.25) is 5.91 Å². The number of carbonyl (C=O) groups is 1. The molecule has 0 saturated carbocycles. The number of rotatable bonds is 3. The summed E-state index contributed by atoms with van der Waals surface area (Å²) in [6.45, 7) is 3.70. The number of benzene rings is 1. The van der Waals surface area contributed by atoms with Crippen LogP contribution in [-0.2, 0) is 4.79 Å². The number of aryl methyl sites for hydroxylation is 1. The molecule has 0 bridgehead atoms. The first-order chi connectivity index (χ1) is 8.49. The van der Waals surface area contributed by atoms with Crippen molar-refractivity contribution >= 4 is 17.5 Å². The number of hydrogen-bond acceptors (Lipinski definition) is 2. The lowest BCUT2D eigenvalue weighted by Crippen LogP contribution is -2.24. The van der Waals surface area contributed by atoms with Gasteiger partial charge < -0.3 is 5.73 Å². The lowest BCUT2D eigenvalue weighted by atomic mass is 10.1. The number of nitrogens with zero attached hydrogens (tertiary/aromatic N) is 2. The average Bonchev–Trinajstić information content (AvgIpc) is 2.80. The smallest absolute Gasteiger partial charge is 0.241 e. The molecule has 2 N–H and O–H groups in total. The van der Waals surface area contributed by atoms with Crippen LogP contribution in [0.25, 0.3) is 11.1 Å². The summed E-state index contributed by atoms with van der Waals surface area (Å²) in [6.07, 6.45) is 3.45. The normalized spacial score (nSPS) is 12.4. The van der Waals surface area contributed by atoms with Crippen LogP contribution in [0.2, 0.25) is 5.02 Å². The maximum absolute atomic E-state index is 11.1. The van der Waals surface area contributed by atoms with Crippen molar-refractivity contribution in [1.29, 1.82) is 0 Å². The molecule has 18 heavy (non-hydrogen) atoms. The Labute approximate surface area is 110 Å². The van der Waals surface area contributed by atoms with E-state index in [1.807, 2.05) is 25.1 Å². The Hall–Kier alpha value is -1.81. The van der Waals surface area contributed by atoms with Crippen molar-refractivity contribution in [3.63, 3.8) is 0 Å². The number of primary amides is 1. The maximum atomic E-state index is 11.1. The molecular weight excluding hydrogens is 250 g/mol. The molecule has 0 radical (unpaired) electrons. The second-order valence-corrected chi connectivity index (χ2v) is 4.68. The zero-order valence-corrected chi connectivity index (χ0v) is 11.0. The summed E-state index contributed by atoms with van der Waals surface area (Å²) in [5.41, 5.74) is 8.13. The van der Waals surface area contributed by atoms with Crippen molar-refractivity contribution in [2.75, 3.05) is 0 Å². The first-order valence-electron chi connectivity index (χ1n) is 5.59. The van der Waals surface area contributed by atoms with Gasteiger partial charge in [-0.05, 0) is 26.0 Å². The molecule has 0 spiro atoms. The van der Waals surface area contributed by atoms with Crippen molar-refractivity contribution in [2.24, 2.45) is 5.73 Å². The molecule has 94 valence electrons. The van der Waals surface area contributed by atoms with Crippen LogP contribution < -0.4 is 5.73 Å². The van der Waals surface area contributed by atoms with E-state index in [1.54, 1.807) is 19.3 Å². The van der Waals surface area contributed by atoms with Gasteiger partial charge in [-0.15, -0.1) is 0 Å². The van der Waals surface area contributed by atoms with Crippen molar-refractivity contribution in [2.45, 2.75) is 19.9 Å². The Bertz CT molecular complexity index is 592. The number of nitrogens with two attached hydrogens (primary N) is 1. The van der Waals surface area contributed by atoms with Gasteiger partial charge in [-0.3, -0.25) is 9.48 Å². The van der Waals surface area contributed by atoms with Crippen LogP contribution in [0.4, 0.5) is 0 Å². The fourth-order valence-corrected chi connectivity index (χ4v) is 1.91. The van der Waals surface area contributed by atoms with E-state index in [1.165, 1.54) is 4.68 Å². The molecular formula is C13H14ClN3O. The fraction of sp³-hybridized carbons (Fsp3) is 0.231. The van der Waals surface area contributed by atoms with Crippen LogP contribution in [-0.4, -0.2) is 15.7 Å². The first kappa shape index (κ1) is 12.6. The molecule has 2 rings (SSSR count). The molecule has 1 aromatic carbocycles. The number of aromatic nitrogens is 2. The highest BCUT2D eigenvalue weighted by Crippen LogP contribution is 2.28. The second-order valence-electron chi connectivity index (χ2n) is 4.27. The standard InChI is InChI=1S/C13H14ClN3O/c1-8-3-4-12(14)11(5-8)10-6-16-17(7-10)9(2)13(15)18/h3-7,9H,1-2H3,(H2,15,18)/t9-/m0/s1. The Kier molecular flexibility index (Phi) is 3.39. The molecule has 5 heteroatoms. The third-order valence-electron chi connectivity index (χ3n) is 2.84. The monoisotopic (exact) mass is 263 g/mol. The van der Waals surface area contributed by atoms with E-state index in [4.69, 9.17) is 17.3 Å². The predicted molar refractivity (Wildman–Crippen MR) is 71.3 cm³/mol. The fourth-order valence-electron chi connectivity index (χ4n) is 1.68. The minimum absolute atomic E-state index is 0.417. The zero-order valence-electron chi connectivity index (χ0n) is 10.2. The van der Waals surface area contributed by atoms with Gasteiger partial charge in [0.15, 0.2) is 0 Å². The van der Waals surface area contributed by atoms with Gasteiger partial charge >= 0.3 is 0 Å². The summed E-state index contributed by atoms with van der Waals surface area (Å²) in [7, 11) is 0. The van der Waals surface area contributed by atoms with E-state index < -0.39 is 11.9 Å². The summed E-state index contributed by atoms with van der Waals surface area (Å²) in [5, 5.41) is 4.80.